The average Bonchev–Trinajstić information content (AvgIpc) is 3.27. The highest BCUT2D eigenvalue weighted by molar-refractivity contribution is 5.99. The van der Waals surface area contributed by atoms with Gasteiger partial charge in [-0.05, 0) is 55.0 Å². The minimum absolute atomic E-state index is 0.291. The Balaban J connectivity index is 1.30. The van der Waals surface area contributed by atoms with Crippen LogP contribution in [0.5, 0.6) is 0 Å². The summed E-state index contributed by atoms with van der Waals surface area (Å²) in [5.41, 5.74) is 7.17. The third kappa shape index (κ3) is 8.52. The minimum Gasteiger partial charge on any atom is -0.388 e. The van der Waals surface area contributed by atoms with Gasteiger partial charge in [0.2, 0.25) is 0 Å². The van der Waals surface area contributed by atoms with E-state index in [2.05, 4.69) is 35.4 Å². The smallest absolute Gasteiger partial charge is 0.142 e. The van der Waals surface area contributed by atoms with Crippen molar-refractivity contribution in [3.05, 3.63) is 83.4 Å². The van der Waals surface area contributed by atoms with Gasteiger partial charge in [0.25, 0.3) is 0 Å². The Morgan fingerprint density at radius 1 is 1.08 bits per heavy atom. The van der Waals surface area contributed by atoms with E-state index in [9.17, 15) is 9.59 Å². The fourth-order valence-corrected chi connectivity index (χ4v) is 4.98. The lowest BCUT2D eigenvalue weighted by atomic mass is 10.0. The van der Waals surface area contributed by atoms with Crippen molar-refractivity contribution in [2.45, 2.75) is 64.0 Å². The Labute approximate surface area is 227 Å². The van der Waals surface area contributed by atoms with E-state index in [1.54, 1.807) is 0 Å². The Hall–Kier alpha value is -3.51. The number of rotatable bonds is 18. The van der Waals surface area contributed by atoms with E-state index in [0.29, 0.717) is 31.6 Å². The zero-order chi connectivity index (χ0) is 27.2. The molecule has 1 heterocycles. The van der Waals surface area contributed by atoms with E-state index in [1.165, 1.54) is 30.4 Å². The number of nitrogens with zero attached hydrogens (tertiary/aromatic N) is 1. The summed E-state index contributed by atoms with van der Waals surface area (Å²) in [7, 11) is 1.89. The molecule has 2 aromatic carbocycles. The summed E-state index contributed by atoms with van der Waals surface area (Å²) in [6, 6.07) is 16.4. The van der Waals surface area contributed by atoms with Gasteiger partial charge in [-0.25, -0.2) is 0 Å². The predicted octanol–water partition coefficient (Wildman–Crippen LogP) is 5.38. The summed E-state index contributed by atoms with van der Waals surface area (Å²) < 4.78 is 0. The second-order valence-corrected chi connectivity index (χ2v) is 9.91. The second-order valence-electron chi connectivity index (χ2n) is 9.91. The van der Waals surface area contributed by atoms with Crippen LogP contribution >= 0.6 is 0 Å². The molecule has 1 aliphatic rings. The van der Waals surface area contributed by atoms with Crippen LogP contribution in [0.4, 0.5) is 0 Å². The van der Waals surface area contributed by atoms with Crippen molar-refractivity contribution in [2.75, 3.05) is 20.1 Å². The van der Waals surface area contributed by atoms with Crippen LogP contribution in [0.2, 0.25) is 0 Å². The van der Waals surface area contributed by atoms with Gasteiger partial charge in [0, 0.05) is 49.2 Å². The van der Waals surface area contributed by atoms with E-state index in [0.717, 1.165) is 60.9 Å². The predicted molar refractivity (Wildman–Crippen MR) is 157 cm³/mol. The summed E-state index contributed by atoms with van der Waals surface area (Å²) in [5.74, 6) is 0. The average molecular weight is 515 g/mol. The summed E-state index contributed by atoms with van der Waals surface area (Å²) in [4.78, 5) is 24.3. The Morgan fingerprint density at radius 2 is 1.84 bits per heavy atom. The van der Waals surface area contributed by atoms with Gasteiger partial charge in [0.15, 0.2) is 0 Å². The Bertz CT molecular complexity index is 1110. The van der Waals surface area contributed by atoms with E-state index in [4.69, 9.17) is 5.41 Å². The molecule has 3 N–H and O–H groups in total. The topological polar surface area (TPSA) is 85.3 Å². The first-order chi connectivity index (χ1) is 18.6. The first-order valence-corrected chi connectivity index (χ1v) is 13.8. The molecule has 0 aromatic heterocycles. The van der Waals surface area contributed by atoms with E-state index >= 15 is 0 Å². The van der Waals surface area contributed by atoms with E-state index in [1.807, 2.05) is 48.4 Å². The standard InChI is InChI=1S/C32H42N4O2/c1-25-31-17-16-26(20-28(31)23-36(25)30(24-38)15-11-19-37)12-7-4-3-5-10-18-35-22-29(33)21-32(34-2)27-13-8-6-9-14-27/h6,8-9,13-14,16-17,19-21,24,30,33-35H,1,3-5,7,10-12,15,18,22-23H2,2H3/b32-21-,33-29?. The van der Waals surface area contributed by atoms with Gasteiger partial charge in [-0.1, -0.05) is 74.4 Å². The lowest BCUT2D eigenvalue weighted by Crippen LogP contribution is -2.31. The van der Waals surface area contributed by atoms with Crippen molar-refractivity contribution in [3.63, 3.8) is 0 Å². The number of fused-ring (bicyclic) bond motifs is 1. The zero-order valence-corrected chi connectivity index (χ0v) is 22.7. The highest BCUT2D eigenvalue weighted by atomic mass is 16.1. The maximum Gasteiger partial charge on any atom is 0.142 e. The van der Waals surface area contributed by atoms with Gasteiger partial charge >= 0.3 is 0 Å². The summed E-state index contributed by atoms with van der Waals surface area (Å²) in [6.07, 6.45) is 11.6. The van der Waals surface area contributed by atoms with Crippen LogP contribution in [-0.4, -0.2) is 49.4 Å². The second kappa shape index (κ2) is 15.7. The van der Waals surface area contributed by atoms with Crippen LogP contribution in [0.1, 0.15) is 67.2 Å². The highest BCUT2D eigenvalue weighted by Gasteiger charge is 2.28. The molecule has 0 saturated heterocycles. The number of hydrogen-bond donors (Lipinski definition) is 3. The molecule has 6 heteroatoms. The van der Waals surface area contributed by atoms with Crippen LogP contribution in [0.25, 0.3) is 11.4 Å². The monoisotopic (exact) mass is 514 g/mol. The van der Waals surface area contributed by atoms with Gasteiger partial charge < -0.3 is 30.5 Å². The number of hydrogen-bond acceptors (Lipinski definition) is 6. The molecule has 0 saturated carbocycles. The molecule has 1 unspecified atom stereocenters. The van der Waals surface area contributed by atoms with Crippen LogP contribution in [0.3, 0.4) is 0 Å². The molecule has 0 bridgehead atoms. The fourth-order valence-electron chi connectivity index (χ4n) is 4.98. The maximum absolute atomic E-state index is 11.6. The third-order valence-corrected chi connectivity index (χ3v) is 7.11. The molecule has 0 aliphatic carbocycles. The van der Waals surface area contributed by atoms with Crippen molar-refractivity contribution < 1.29 is 9.59 Å². The Morgan fingerprint density at radius 3 is 2.58 bits per heavy atom. The highest BCUT2D eigenvalue weighted by Crippen LogP contribution is 2.34. The number of carbonyl (C=O) groups excluding carboxylic acids is 2. The molecular weight excluding hydrogens is 472 g/mol. The Kier molecular flexibility index (Phi) is 12.0. The third-order valence-electron chi connectivity index (χ3n) is 7.11. The number of aldehydes is 2. The van der Waals surface area contributed by atoms with Crippen LogP contribution in [-0.2, 0) is 22.6 Å². The van der Waals surface area contributed by atoms with E-state index in [-0.39, 0.29) is 6.04 Å². The molecule has 0 radical (unpaired) electrons. The van der Waals surface area contributed by atoms with Crippen molar-refractivity contribution in [1.29, 1.82) is 5.41 Å². The van der Waals surface area contributed by atoms with Crippen LogP contribution in [0.15, 0.2) is 61.2 Å². The first kappa shape index (κ1) is 29.1. The maximum atomic E-state index is 11.6. The summed E-state index contributed by atoms with van der Waals surface area (Å²) in [5, 5.41) is 14.8. The number of unbranched alkanes of at least 4 members (excludes halogenated alkanes) is 4. The SMILES string of the molecule is C=C1c2ccc(CCCCCCCNCC(=N)/C=C(\NC)c3ccccc3)cc2CN1C(C=O)CCC=O. The molecule has 202 valence electrons. The quantitative estimate of drug-likeness (QED) is 0.141. The van der Waals surface area contributed by atoms with Crippen molar-refractivity contribution in [1.82, 2.24) is 15.5 Å². The molecule has 3 rings (SSSR count). The molecule has 1 atom stereocenters. The summed E-state index contributed by atoms with van der Waals surface area (Å²) >= 11 is 0. The summed E-state index contributed by atoms with van der Waals surface area (Å²) in [6.45, 7) is 6.38. The van der Waals surface area contributed by atoms with Crippen molar-refractivity contribution >= 4 is 29.7 Å². The van der Waals surface area contributed by atoms with Crippen LogP contribution < -0.4 is 10.6 Å². The van der Waals surface area contributed by atoms with Gasteiger partial charge in [-0.3, -0.25) is 0 Å². The lowest BCUT2D eigenvalue weighted by Gasteiger charge is -2.25. The molecule has 2 aromatic rings. The zero-order valence-electron chi connectivity index (χ0n) is 22.7. The molecule has 0 fully saturated rings. The van der Waals surface area contributed by atoms with Gasteiger partial charge in [-0.15, -0.1) is 0 Å². The molecule has 0 spiro atoms. The van der Waals surface area contributed by atoms with Gasteiger partial charge in [-0.2, -0.15) is 0 Å². The molecule has 6 nitrogen and oxygen atoms in total. The van der Waals surface area contributed by atoms with Gasteiger partial charge in [0.05, 0.1) is 6.04 Å². The number of benzene rings is 2. The van der Waals surface area contributed by atoms with Gasteiger partial charge in [0.1, 0.15) is 12.6 Å². The normalized spacial score (nSPS) is 13.8. The van der Waals surface area contributed by atoms with Crippen LogP contribution in [0, 0.1) is 5.41 Å². The molecule has 38 heavy (non-hydrogen) atoms. The molecule has 1 aliphatic heterocycles. The minimum atomic E-state index is -0.291. The number of aryl methyl sites for hydroxylation is 1. The first-order valence-electron chi connectivity index (χ1n) is 13.8. The molecule has 0 amide bonds. The largest absolute Gasteiger partial charge is 0.388 e. The fraction of sp³-hybridized carbons (Fsp3) is 0.406. The molecular formula is C32H42N4O2. The van der Waals surface area contributed by atoms with Crippen molar-refractivity contribution in [2.24, 2.45) is 0 Å². The lowest BCUT2D eigenvalue weighted by molar-refractivity contribution is -0.112. The number of nitrogens with one attached hydrogen (secondary N) is 3. The van der Waals surface area contributed by atoms with Crippen molar-refractivity contribution in [3.8, 4) is 0 Å². The number of carbonyl (C=O) groups is 2. The van der Waals surface area contributed by atoms with E-state index < -0.39 is 0 Å².